The fraction of sp³-hybridized carbons (Fsp3) is 0.429. The number of hydrogen-bond acceptors (Lipinski definition) is 5. The molecule has 0 spiro atoms. The number of aromatic hydroxyl groups is 2. The molecule has 0 saturated heterocycles. The zero-order valence-electron chi connectivity index (χ0n) is 15.7. The smallest absolute Gasteiger partial charge is 0.196 e. The zero-order valence-corrected chi connectivity index (χ0v) is 15.7. The lowest BCUT2D eigenvalue weighted by atomic mass is 9.82. The van der Waals surface area contributed by atoms with Gasteiger partial charge in [0.25, 0.3) is 0 Å². The molecule has 2 atom stereocenters. The summed E-state index contributed by atoms with van der Waals surface area (Å²) in [5.41, 5.74) is 1.64. The van der Waals surface area contributed by atoms with Crippen molar-refractivity contribution in [3.8, 4) is 11.5 Å². The SMILES string of the molecule is CCCC(C)C(C[C@@H](O)C1=CC(=O)c2c(O)ccc(O)c2C1=O)=C(C)C. The van der Waals surface area contributed by atoms with Gasteiger partial charge in [0.1, 0.15) is 11.5 Å². The van der Waals surface area contributed by atoms with Crippen LogP contribution >= 0.6 is 0 Å². The molecule has 0 heterocycles. The maximum absolute atomic E-state index is 12.8. The molecule has 1 aliphatic rings. The van der Waals surface area contributed by atoms with E-state index in [1.54, 1.807) is 0 Å². The number of ketones is 2. The molecule has 1 aromatic rings. The van der Waals surface area contributed by atoms with Crippen LogP contribution < -0.4 is 0 Å². The van der Waals surface area contributed by atoms with Crippen molar-refractivity contribution < 1.29 is 24.9 Å². The first-order valence-electron chi connectivity index (χ1n) is 8.88. The van der Waals surface area contributed by atoms with E-state index in [0.717, 1.165) is 30.1 Å². The summed E-state index contributed by atoms with van der Waals surface area (Å²) in [5.74, 6) is -1.70. The summed E-state index contributed by atoms with van der Waals surface area (Å²) in [6.45, 7) is 8.11. The summed E-state index contributed by atoms with van der Waals surface area (Å²) in [4.78, 5) is 25.1. The van der Waals surface area contributed by atoms with Crippen molar-refractivity contribution in [1.82, 2.24) is 0 Å². The third-order valence-electron chi connectivity index (χ3n) is 4.91. The van der Waals surface area contributed by atoms with Crippen molar-refractivity contribution in [2.75, 3.05) is 0 Å². The number of benzene rings is 1. The van der Waals surface area contributed by atoms with Gasteiger partial charge in [-0.2, -0.15) is 0 Å². The molecule has 0 radical (unpaired) electrons. The number of phenols is 2. The van der Waals surface area contributed by atoms with Crippen molar-refractivity contribution in [3.05, 3.63) is 46.1 Å². The highest BCUT2D eigenvalue weighted by Crippen LogP contribution is 2.36. The van der Waals surface area contributed by atoms with E-state index in [2.05, 4.69) is 13.8 Å². The molecule has 2 rings (SSSR count). The van der Waals surface area contributed by atoms with Crippen molar-refractivity contribution >= 4 is 11.6 Å². The van der Waals surface area contributed by atoms with Crippen LogP contribution in [0.1, 0.15) is 67.7 Å². The van der Waals surface area contributed by atoms with E-state index in [1.165, 1.54) is 12.1 Å². The van der Waals surface area contributed by atoms with E-state index in [-0.39, 0.29) is 40.5 Å². The first-order chi connectivity index (χ1) is 12.2. The third kappa shape index (κ3) is 3.73. The van der Waals surface area contributed by atoms with Gasteiger partial charge >= 0.3 is 0 Å². The van der Waals surface area contributed by atoms with Gasteiger partial charge in [-0.1, -0.05) is 31.4 Å². The Balaban J connectivity index is 2.38. The fourth-order valence-electron chi connectivity index (χ4n) is 3.55. The Kier molecular flexibility index (Phi) is 6.03. The lowest BCUT2D eigenvalue weighted by Crippen LogP contribution is -2.26. The maximum atomic E-state index is 12.8. The molecule has 5 nitrogen and oxygen atoms in total. The average Bonchev–Trinajstić information content (AvgIpc) is 2.57. The lowest BCUT2D eigenvalue weighted by molar-refractivity contribution is 0.0941. The monoisotopic (exact) mass is 358 g/mol. The molecule has 26 heavy (non-hydrogen) atoms. The van der Waals surface area contributed by atoms with Crippen molar-refractivity contribution in [1.29, 1.82) is 0 Å². The number of aliphatic hydroxyl groups excluding tert-OH is 1. The second-order valence-electron chi connectivity index (χ2n) is 7.08. The minimum absolute atomic E-state index is 0.0501. The van der Waals surface area contributed by atoms with Gasteiger partial charge in [0.15, 0.2) is 11.6 Å². The van der Waals surface area contributed by atoms with Crippen LogP contribution in [-0.2, 0) is 0 Å². The van der Waals surface area contributed by atoms with Gasteiger partial charge in [0.2, 0.25) is 0 Å². The van der Waals surface area contributed by atoms with Crippen molar-refractivity contribution in [2.24, 2.45) is 5.92 Å². The van der Waals surface area contributed by atoms with Gasteiger partial charge in [-0.3, -0.25) is 9.59 Å². The van der Waals surface area contributed by atoms with E-state index < -0.39 is 17.7 Å². The Morgan fingerprint density at radius 2 is 1.65 bits per heavy atom. The number of rotatable bonds is 6. The second kappa shape index (κ2) is 7.87. The van der Waals surface area contributed by atoms with E-state index >= 15 is 0 Å². The molecule has 0 aromatic heterocycles. The lowest BCUT2D eigenvalue weighted by Gasteiger charge is -2.24. The summed E-state index contributed by atoms with van der Waals surface area (Å²) in [6, 6.07) is 2.34. The van der Waals surface area contributed by atoms with Gasteiger partial charge in [0.05, 0.1) is 17.2 Å². The standard InChI is InChI=1S/C21H26O5/c1-5-6-12(4)13(11(2)3)9-17(24)14-10-18(25)19-15(22)7-8-16(23)20(19)21(14)26/h7-8,10,12,17,22-24H,5-6,9H2,1-4H3/t12?,17-/m1/s1. The van der Waals surface area contributed by atoms with E-state index in [9.17, 15) is 24.9 Å². The highest BCUT2D eigenvalue weighted by Gasteiger charge is 2.34. The Bertz CT molecular complexity index is 797. The van der Waals surface area contributed by atoms with Crippen LogP contribution in [0.4, 0.5) is 0 Å². The van der Waals surface area contributed by atoms with Gasteiger partial charge < -0.3 is 15.3 Å². The Hall–Kier alpha value is -2.40. The quantitative estimate of drug-likeness (QED) is 0.529. The number of allylic oxidation sites excluding steroid dienone is 2. The summed E-state index contributed by atoms with van der Waals surface area (Å²) in [5, 5.41) is 30.5. The van der Waals surface area contributed by atoms with Crippen LogP contribution in [0.15, 0.2) is 34.9 Å². The molecule has 5 heteroatoms. The highest BCUT2D eigenvalue weighted by molar-refractivity contribution is 6.26. The molecule has 0 fully saturated rings. The normalized spacial score (nSPS) is 16.0. The minimum atomic E-state index is -1.15. The molecule has 3 N–H and O–H groups in total. The first-order valence-corrected chi connectivity index (χ1v) is 8.88. The summed E-state index contributed by atoms with van der Waals surface area (Å²) in [7, 11) is 0. The Morgan fingerprint density at radius 1 is 1.08 bits per heavy atom. The number of carbonyl (C=O) groups excluding carboxylic acids is 2. The van der Waals surface area contributed by atoms with Gasteiger partial charge in [-0.25, -0.2) is 0 Å². The number of Topliss-reactive ketones (excluding diaryl/α,β-unsaturated/α-hetero) is 1. The van der Waals surface area contributed by atoms with E-state index in [1.807, 2.05) is 13.8 Å². The molecule has 0 aliphatic heterocycles. The summed E-state index contributed by atoms with van der Waals surface area (Å²) < 4.78 is 0. The molecule has 0 amide bonds. The second-order valence-corrected chi connectivity index (χ2v) is 7.08. The summed E-state index contributed by atoms with van der Waals surface area (Å²) >= 11 is 0. The predicted molar refractivity (Wildman–Crippen MR) is 99.6 cm³/mol. The summed E-state index contributed by atoms with van der Waals surface area (Å²) in [6.07, 6.45) is 2.15. The number of hydrogen-bond donors (Lipinski definition) is 3. The van der Waals surface area contributed by atoms with Crippen LogP contribution in [0.5, 0.6) is 11.5 Å². The van der Waals surface area contributed by atoms with Crippen molar-refractivity contribution in [3.63, 3.8) is 0 Å². The third-order valence-corrected chi connectivity index (χ3v) is 4.91. The molecule has 0 bridgehead atoms. The van der Waals surface area contributed by atoms with Crippen LogP contribution in [0.25, 0.3) is 0 Å². The predicted octanol–water partition coefficient (Wildman–Crippen LogP) is 3.93. The number of fused-ring (bicyclic) bond motifs is 1. The molecular formula is C21H26O5. The average molecular weight is 358 g/mol. The van der Waals surface area contributed by atoms with Gasteiger partial charge in [-0.15, -0.1) is 0 Å². The van der Waals surface area contributed by atoms with E-state index in [0.29, 0.717) is 0 Å². The van der Waals surface area contributed by atoms with Crippen LogP contribution in [0, 0.1) is 5.92 Å². The molecule has 140 valence electrons. The molecule has 1 unspecified atom stereocenters. The van der Waals surface area contributed by atoms with Crippen molar-refractivity contribution in [2.45, 2.75) is 53.1 Å². The Labute approximate surface area is 153 Å². The highest BCUT2D eigenvalue weighted by atomic mass is 16.3. The van der Waals surface area contributed by atoms with Gasteiger partial charge in [0, 0.05) is 5.57 Å². The Morgan fingerprint density at radius 3 is 2.19 bits per heavy atom. The number of phenolic OH excluding ortho intramolecular Hbond substituents is 2. The van der Waals surface area contributed by atoms with Crippen LogP contribution in [-0.4, -0.2) is 33.0 Å². The number of carbonyl (C=O) groups is 2. The van der Waals surface area contributed by atoms with Crippen LogP contribution in [0.2, 0.25) is 0 Å². The van der Waals surface area contributed by atoms with Crippen LogP contribution in [0.3, 0.4) is 0 Å². The van der Waals surface area contributed by atoms with E-state index in [4.69, 9.17) is 0 Å². The van der Waals surface area contributed by atoms with Gasteiger partial charge in [-0.05, 0) is 50.8 Å². The minimum Gasteiger partial charge on any atom is -0.507 e. The molecule has 1 aromatic carbocycles. The maximum Gasteiger partial charge on any atom is 0.196 e. The topological polar surface area (TPSA) is 94.8 Å². The zero-order chi connectivity index (χ0) is 19.6. The molecule has 0 saturated carbocycles. The number of aliphatic hydroxyl groups is 1. The molecular weight excluding hydrogens is 332 g/mol. The fourth-order valence-corrected chi connectivity index (χ4v) is 3.55. The first kappa shape index (κ1) is 19.9. The molecule has 1 aliphatic carbocycles. The largest absolute Gasteiger partial charge is 0.507 e.